The summed E-state index contributed by atoms with van der Waals surface area (Å²) in [5, 5.41) is 0.0395. The molecule has 1 rings (SSSR count). The molecule has 0 radical (unpaired) electrons. The van der Waals surface area contributed by atoms with Gasteiger partial charge in [0, 0.05) is 24.2 Å². The summed E-state index contributed by atoms with van der Waals surface area (Å²) in [7, 11) is 0. The molecule has 1 aromatic heterocycles. The highest BCUT2D eigenvalue weighted by Gasteiger charge is 1.97. The van der Waals surface area contributed by atoms with Crippen molar-refractivity contribution in [1.82, 2.24) is 4.98 Å². The van der Waals surface area contributed by atoms with Gasteiger partial charge >= 0.3 is 0 Å². The second-order valence-corrected chi connectivity index (χ2v) is 4.07. The van der Waals surface area contributed by atoms with Crippen LogP contribution in [0.15, 0.2) is 12.3 Å². The molecule has 0 unspecified atom stereocenters. The first kappa shape index (κ1) is 11.7. The summed E-state index contributed by atoms with van der Waals surface area (Å²) >= 11 is 1.15. The lowest BCUT2D eigenvalue weighted by molar-refractivity contribution is -0.109. The average Bonchev–Trinajstić information content (AvgIpc) is 2.18. The van der Waals surface area contributed by atoms with E-state index in [2.05, 4.69) is 16.8 Å². The maximum Gasteiger partial charge on any atom is 0.215 e. The van der Waals surface area contributed by atoms with Crippen LogP contribution >= 0.6 is 11.8 Å². The fraction of sp³-hybridized carbons (Fsp3) is 0.273. The largest absolute Gasteiger partial charge is 0.288 e. The van der Waals surface area contributed by atoms with Crippen molar-refractivity contribution < 1.29 is 9.18 Å². The first-order chi connectivity index (χ1) is 7.09. The molecular weight excluding hydrogens is 213 g/mol. The van der Waals surface area contributed by atoms with E-state index in [1.807, 2.05) is 0 Å². The van der Waals surface area contributed by atoms with Gasteiger partial charge < -0.3 is 0 Å². The summed E-state index contributed by atoms with van der Waals surface area (Å²) in [5.41, 5.74) is 1.14. The third-order valence-electron chi connectivity index (χ3n) is 1.59. The van der Waals surface area contributed by atoms with Gasteiger partial charge in [-0.15, -0.1) is 0 Å². The van der Waals surface area contributed by atoms with Gasteiger partial charge in [-0.2, -0.15) is 4.39 Å². The van der Waals surface area contributed by atoms with Crippen molar-refractivity contribution in [3.8, 4) is 11.8 Å². The molecule has 0 fully saturated rings. The molecule has 4 heteroatoms. The second kappa shape index (κ2) is 5.52. The molecular formula is C11H10FNOS. The molecule has 0 bridgehead atoms. The average molecular weight is 223 g/mol. The number of aryl methyl sites for hydroxylation is 1. The highest BCUT2D eigenvalue weighted by molar-refractivity contribution is 8.13. The van der Waals surface area contributed by atoms with Crippen LogP contribution in [0.4, 0.5) is 4.39 Å². The molecule has 0 aliphatic heterocycles. The van der Waals surface area contributed by atoms with Gasteiger partial charge in [-0.1, -0.05) is 23.6 Å². The summed E-state index contributed by atoms with van der Waals surface area (Å²) in [6.07, 6.45) is 1.38. The van der Waals surface area contributed by atoms with Gasteiger partial charge in [-0.05, 0) is 13.0 Å². The third kappa shape index (κ3) is 4.13. The molecule has 0 amide bonds. The highest BCUT2D eigenvalue weighted by Crippen LogP contribution is 2.05. The zero-order chi connectivity index (χ0) is 11.3. The molecule has 2 nitrogen and oxygen atoms in total. The number of halogens is 1. The van der Waals surface area contributed by atoms with E-state index in [4.69, 9.17) is 0 Å². The van der Waals surface area contributed by atoms with Gasteiger partial charge in [0.05, 0.1) is 5.75 Å². The summed E-state index contributed by atoms with van der Waals surface area (Å²) in [6.45, 7) is 3.13. The lowest BCUT2D eigenvalue weighted by atomic mass is 10.2. The van der Waals surface area contributed by atoms with E-state index in [-0.39, 0.29) is 5.12 Å². The van der Waals surface area contributed by atoms with Crippen LogP contribution in [0.25, 0.3) is 0 Å². The van der Waals surface area contributed by atoms with E-state index in [0.717, 1.165) is 11.8 Å². The first-order valence-electron chi connectivity index (χ1n) is 4.34. The van der Waals surface area contributed by atoms with Crippen molar-refractivity contribution >= 4 is 16.9 Å². The predicted molar refractivity (Wildman–Crippen MR) is 58.9 cm³/mol. The molecule has 0 saturated carbocycles. The maximum absolute atomic E-state index is 12.8. The molecule has 0 spiro atoms. The normalized spacial score (nSPS) is 9.27. The molecule has 0 aliphatic carbocycles. The molecule has 0 N–H and O–H groups in total. The minimum atomic E-state index is -0.473. The minimum absolute atomic E-state index is 0.0395. The van der Waals surface area contributed by atoms with Gasteiger partial charge in [-0.25, -0.2) is 4.98 Å². The van der Waals surface area contributed by atoms with Crippen LogP contribution in [-0.2, 0) is 4.79 Å². The monoisotopic (exact) mass is 223 g/mol. The van der Waals surface area contributed by atoms with Crippen LogP contribution in [0.2, 0.25) is 0 Å². The Labute approximate surface area is 92.3 Å². The summed E-state index contributed by atoms with van der Waals surface area (Å²) in [5.74, 6) is 5.60. The number of hydrogen-bond acceptors (Lipinski definition) is 3. The van der Waals surface area contributed by atoms with Gasteiger partial charge in [0.15, 0.2) is 5.12 Å². The Bertz CT molecular complexity index is 434. The van der Waals surface area contributed by atoms with Crippen molar-refractivity contribution in [2.24, 2.45) is 0 Å². The van der Waals surface area contributed by atoms with Crippen LogP contribution in [-0.4, -0.2) is 15.9 Å². The number of pyridine rings is 1. The molecule has 1 aromatic rings. The standard InChI is InChI=1S/C11H10FNOS/c1-8-6-10(7-13-11(8)12)4-3-5-15-9(2)14/h6-7H,5H2,1-2H3. The fourth-order valence-corrected chi connectivity index (χ4v) is 1.25. The van der Waals surface area contributed by atoms with Crippen molar-refractivity contribution in [2.75, 3.05) is 5.75 Å². The van der Waals surface area contributed by atoms with Crippen molar-refractivity contribution in [2.45, 2.75) is 13.8 Å². The van der Waals surface area contributed by atoms with E-state index >= 15 is 0 Å². The number of carbonyl (C=O) groups excluding carboxylic acids is 1. The van der Waals surface area contributed by atoms with Crippen LogP contribution in [0.1, 0.15) is 18.1 Å². The zero-order valence-electron chi connectivity index (χ0n) is 8.50. The van der Waals surface area contributed by atoms with E-state index < -0.39 is 5.95 Å². The Hall–Kier alpha value is -1.34. The number of hydrogen-bond donors (Lipinski definition) is 0. The van der Waals surface area contributed by atoms with Crippen LogP contribution in [0.5, 0.6) is 0 Å². The molecule has 78 valence electrons. The van der Waals surface area contributed by atoms with E-state index in [1.54, 1.807) is 13.0 Å². The van der Waals surface area contributed by atoms with E-state index in [0.29, 0.717) is 16.9 Å². The first-order valence-corrected chi connectivity index (χ1v) is 5.32. The summed E-state index contributed by atoms with van der Waals surface area (Å²) in [6, 6.07) is 1.63. The molecule has 0 atom stereocenters. The second-order valence-electron chi connectivity index (χ2n) is 2.91. The molecule has 15 heavy (non-hydrogen) atoms. The summed E-state index contributed by atoms with van der Waals surface area (Å²) in [4.78, 5) is 14.1. The topological polar surface area (TPSA) is 30.0 Å². The number of aromatic nitrogens is 1. The highest BCUT2D eigenvalue weighted by atomic mass is 32.2. The Morgan fingerprint density at radius 1 is 1.67 bits per heavy atom. The van der Waals surface area contributed by atoms with E-state index in [1.165, 1.54) is 13.1 Å². The number of rotatable bonds is 1. The lowest BCUT2D eigenvalue weighted by Crippen LogP contribution is -1.89. The molecule has 0 aromatic carbocycles. The number of carbonyl (C=O) groups is 1. The quantitative estimate of drug-likeness (QED) is 0.540. The lowest BCUT2D eigenvalue weighted by Gasteiger charge is -1.94. The number of nitrogens with zero attached hydrogens (tertiary/aromatic N) is 1. The maximum atomic E-state index is 12.8. The minimum Gasteiger partial charge on any atom is -0.288 e. The number of thioether (sulfide) groups is 1. The molecule has 1 heterocycles. The molecule has 0 saturated heterocycles. The predicted octanol–water partition coefficient (Wildman–Crippen LogP) is 2.16. The SMILES string of the molecule is CC(=O)SCC#Cc1cnc(F)c(C)c1. The van der Waals surface area contributed by atoms with Crippen molar-refractivity contribution in [3.05, 3.63) is 29.3 Å². The van der Waals surface area contributed by atoms with Gasteiger partial charge in [0.25, 0.3) is 0 Å². The Morgan fingerprint density at radius 3 is 3.00 bits per heavy atom. The third-order valence-corrected chi connectivity index (χ3v) is 2.29. The smallest absolute Gasteiger partial charge is 0.215 e. The zero-order valence-corrected chi connectivity index (χ0v) is 9.32. The molecule has 0 aliphatic rings. The van der Waals surface area contributed by atoms with Gasteiger partial charge in [-0.3, -0.25) is 4.79 Å². The van der Waals surface area contributed by atoms with Crippen LogP contribution in [0, 0.1) is 24.7 Å². The van der Waals surface area contributed by atoms with Gasteiger partial charge in [0.2, 0.25) is 5.95 Å². The van der Waals surface area contributed by atoms with Gasteiger partial charge in [0.1, 0.15) is 0 Å². The Morgan fingerprint density at radius 2 is 2.40 bits per heavy atom. The van der Waals surface area contributed by atoms with Crippen LogP contribution < -0.4 is 0 Å². The fourth-order valence-electron chi connectivity index (χ4n) is 0.902. The van der Waals surface area contributed by atoms with E-state index in [9.17, 15) is 9.18 Å². The summed E-state index contributed by atoms with van der Waals surface area (Å²) < 4.78 is 12.8. The Kier molecular flexibility index (Phi) is 4.32. The van der Waals surface area contributed by atoms with Crippen molar-refractivity contribution in [1.29, 1.82) is 0 Å². The van der Waals surface area contributed by atoms with Crippen molar-refractivity contribution in [3.63, 3.8) is 0 Å². The Balaban J connectivity index is 2.64. The van der Waals surface area contributed by atoms with Crippen LogP contribution in [0.3, 0.4) is 0 Å².